The van der Waals surface area contributed by atoms with Gasteiger partial charge in [0.1, 0.15) is 4.88 Å². The van der Waals surface area contributed by atoms with Crippen LogP contribution in [0.3, 0.4) is 0 Å². The summed E-state index contributed by atoms with van der Waals surface area (Å²) in [6.45, 7) is 6.19. The van der Waals surface area contributed by atoms with Crippen LogP contribution in [0.15, 0.2) is 54.6 Å². The molecule has 31 heavy (non-hydrogen) atoms. The lowest BCUT2D eigenvalue weighted by Crippen LogP contribution is -2.50. The Balaban J connectivity index is 1.37. The van der Waals surface area contributed by atoms with Crippen LogP contribution in [-0.2, 0) is 12.8 Å². The van der Waals surface area contributed by atoms with Crippen LogP contribution >= 0.6 is 11.3 Å². The highest BCUT2D eigenvalue weighted by molar-refractivity contribution is 7.13. The second-order valence-corrected chi connectivity index (χ2v) is 8.90. The van der Waals surface area contributed by atoms with Gasteiger partial charge in [0.15, 0.2) is 0 Å². The van der Waals surface area contributed by atoms with Gasteiger partial charge in [-0.3, -0.25) is 9.59 Å². The summed E-state index contributed by atoms with van der Waals surface area (Å²) in [6, 6.07) is 18.0. The third-order valence-corrected chi connectivity index (χ3v) is 6.84. The van der Waals surface area contributed by atoms with E-state index in [1.54, 1.807) is 0 Å². The number of nitrogens with zero attached hydrogens (tertiary/aromatic N) is 3. The number of amides is 2. The fourth-order valence-electron chi connectivity index (χ4n) is 3.82. The Labute approximate surface area is 187 Å². The van der Waals surface area contributed by atoms with E-state index in [2.05, 4.69) is 24.0 Å². The Kier molecular flexibility index (Phi) is 6.47. The molecule has 4 rings (SSSR count). The van der Waals surface area contributed by atoms with Gasteiger partial charge in [-0.15, -0.1) is 11.3 Å². The zero-order valence-corrected chi connectivity index (χ0v) is 18.8. The van der Waals surface area contributed by atoms with Gasteiger partial charge in [-0.25, -0.2) is 4.98 Å². The normalized spacial score (nSPS) is 14.0. The monoisotopic (exact) mass is 433 g/mol. The first-order valence-electron chi connectivity index (χ1n) is 10.7. The smallest absolute Gasteiger partial charge is 0.265 e. The molecule has 5 nitrogen and oxygen atoms in total. The van der Waals surface area contributed by atoms with Crippen molar-refractivity contribution in [2.75, 3.05) is 26.2 Å². The Hall–Kier alpha value is -2.99. The summed E-state index contributed by atoms with van der Waals surface area (Å²) in [5.41, 5.74) is 3.91. The second-order valence-electron chi connectivity index (χ2n) is 7.82. The van der Waals surface area contributed by atoms with Crippen LogP contribution in [0, 0.1) is 6.92 Å². The SMILES string of the molecule is CCc1ccc(C(=O)N2CCN(C(=O)c3sc(Cc4ccccc4)nc3C)CC2)cc1. The molecule has 0 bridgehead atoms. The molecule has 2 aromatic carbocycles. The molecular weight excluding hydrogens is 406 g/mol. The molecule has 2 heterocycles. The number of aromatic nitrogens is 1. The summed E-state index contributed by atoms with van der Waals surface area (Å²) in [5, 5.41) is 0.955. The molecule has 3 aromatic rings. The number of piperazine rings is 1. The zero-order chi connectivity index (χ0) is 21.8. The number of aryl methyl sites for hydroxylation is 2. The minimum atomic E-state index is 0.0220. The highest BCUT2D eigenvalue weighted by Gasteiger charge is 2.27. The molecule has 0 aliphatic carbocycles. The Bertz CT molecular complexity index is 1050. The second kappa shape index (κ2) is 9.43. The molecule has 2 amide bonds. The third kappa shape index (κ3) is 4.85. The van der Waals surface area contributed by atoms with Crippen molar-refractivity contribution in [3.63, 3.8) is 0 Å². The zero-order valence-electron chi connectivity index (χ0n) is 18.0. The summed E-state index contributed by atoms with van der Waals surface area (Å²) < 4.78 is 0. The van der Waals surface area contributed by atoms with E-state index in [9.17, 15) is 9.59 Å². The van der Waals surface area contributed by atoms with Gasteiger partial charge in [0.05, 0.1) is 10.7 Å². The van der Waals surface area contributed by atoms with Crippen molar-refractivity contribution in [2.45, 2.75) is 26.7 Å². The number of hydrogen-bond acceptors (Lipinski definition) is 4. The maximum Gasteiger partial charge on any atom is 0.265 e. The van der Waals surface area contributed by atoms with E-state index in [-0.39, 0.29) is 11.8 Å². The van der Waals surface area contributed by atoms with E-state index >= 15 is 0 Å². The van der Waals surface area contributed by atoms with Gasteiger partial charge in [-0.2, -0.15) is 0 Å². The van der Waals surface area contributed by atoms with Crippen molar-refractivity contribution in [3.8, 4) is 0 Å². The lowest BCUT2D eigenvalue weighted by atomic mass is 10.1. The van der Waals surface area contributed by atoms with Crippen molar-refractivity contribution < 1.29 is 9.59 Å². The molecule has 0 atom stereocenters. The van der Waals surface area contributed by atoms with E-state index < -0.39 is 0 Å². The third-order valence-electron chi connectivity index (χ3n) is 5.70. The fourth-order valence-corrected chi connectivity index (χ4v) is 4.89. The van der Waals surface area contributed by atoms with Gasteiger partial charge in [-0.05, 0) is 36.6 Å². The van der Waals surface area contributed by atoms with Crippen LogP contribution in [0.1, 0.15) is 48.8 Å². The number of benzene rings is 2. The van der Waals surface area contributed by atoms with Crippen molar-refractivity contribution in [1.82, 2.24) is 14.8 Å². The first kappa shape index (κ1) is 21.2. The molecule has 1 fully saturated rings. The van der Waals surface area contributed by atoms with E-state index in [1.165, 1.54) is 22.5 Å². The molecule has 1 aliphatic heterocycles. The molecule has 1 aromatic heterocycles. The molecule has 1 aliphatic rings. The fraction of sp³-hybridized carbons (Fsp3) is 0.320. The summed E-state index contributed by atoms with van der Waals surface area (Å²) in [4.78, 5) is 34.9. The Morgan fingerprint density at radius 3 is 2.10 bits per heavy atom. The number of carbonyl (C=O) groups is 2. The van der Waals surface area contributed by atoms with Gasteiger partial charge in [0.2, 0.25) is 0 Å². The minimum absolute atomic E-state index is 0.0220. The van der Waals surface area contributed by atoms with Crippen molar-refractivity contribution in [1.29, 1.82) is 0 Å². The van der Waals surface area contributed by atoms with Crippen LogP contribution in [0.5, 0.6) is 0 Å². The first-order valence-corrected chi connectivity index (χ1v) is 11.5. The van der Waals surface area contributed by atoms with Crippen LogP contribution in [-0.4, -0.2) is 52.8 Å². The summed E-state index contributed by atoms with van der Waals surface area (Å²) in [5.74, 6) is 0.0579. The van der Waals surface area contributed by atoms with Crippen molar-refractivity contribution >= 4 is 23.2 Å². The average molecular weight is 434 g/mol. The molecule has 0 radical (unpaired) electrons. The summed E-state index contributed by atoms with van der Waals surface area (Å²) >= 11 is 1.48. The van der Waals surface area contributed by atoms with Crippen LogP contribution < -0.4 is 0 Å². The van der Waals surface area contributed by atoms with Crippen LogP contribution in [0.2, 0.25) is 0 Å². The van der Waals surface area contributed by atoms with Crippen molar-refractivity contribution in [3.05, 3.63) is 86.9 Å². The van der Waals surface area contributed by atoms with Gasteiger partial charge in [0.25, 0.3) is 11.8 Å². The van der Waals surface area contributed by atoms with Crippen LogP contribution in [0.4, 0.5) is 0 Å². The maximum absolute atomic E-state index is 13.1. The van der Waals surface area contributed by atoms with Crippen molar-refractivity contribution in [2.24, 2.45) is 0 Å². The minimum Gasteiger partial charge on any atom is -0.335 e. The predicted octanol–water partition coefficient (Wildman–Crippen LogP) is 4.20. The Morgan fingerprint density at radius 1 is 0.871 bits per heavy atom. The number of thiazole rings is 1. The molecule has 0 N–H and O–H groups in total. The molecule has 160 valence electrons. The standard InChI is InChI=1S/C25H27N3O2S/c1-3-19-9-11-21(12-10-19)24(29)27-13-15-28(16-14-27)25(30)23-18(2)26-22(31-23)17-20-7-5-4-6-8-20/h4-12H,3,13-17H2,1-2H3. The largest absolute Gasteiger partial charge is 0.335 e. The van der Waals surface area contributed by atoms with E-state index in [4.69, 9.17) is 0 Å². The van der Waals surface area contributed by atoms with E-state index in [0.29, 0.717) is 36.6 Å². The molecule has 6 heteroatoms. The topological polar surface area (TPSA) is 53.5 Å². The van der Waals surface area contributed by atoms with E-state index in [0.717, 1.165) is 23.5 Å². The Morgan fingerprint density at radius 2 is 1.48 bits per heavy atom. The lowest BCUT2D eigenvalue weighted by molar-refractivity contribution is 0.0537. The number of carbonyl (C=O) groups excluding carboxylic acids is 2. The van der Waals surface area contributed by atoms with Gasteiger partial charge < -0.3 is 9.80 Å². The predicted molar refractivity (Wildman–Crippen MR) is 124 cm³/mol. The van der Waals surface area contributed by atoms with Gasteiger partial charge in [-0.1, -0.05) is 49.4 Å². The highest BCUT2D eigenvalue weighted by Crippen LogP contribution is 2.23. The number of rotatable bonds is 5. The average Bonchev–Trinajstić information content (AvgIpc) is 3.18. The first-order chi connectivity index (χ1) is 15.0. The molecule has 0 unspecified atom stereocenters. The molecular formula is C25H27N3O2S. The summed E-state index contributed by atoms with van der Waals surface area (Å²) in [6.07, 6.45) is 1.69. The molecule has 0 saturated carbocycles. The number of hydrogen-bond donors (Lipinski definition) is 0. The van der Waals surface area contributed by atoms with Crippen LogP contribution in [0.25, 0.3) is 0 Å². The summed E-state index contributed by atoms with van der Waals surface area (Å²) in [7, 11) is 0. The quantitative estimate of drug-likeness (QED) is 0.606. The van der Waals surface area contributed by atoms with E-state index in [1.807, 2.05) is 59.2 Å². The molecule has 1 saturated heterocycles. The van der Waals surface area contributed by atoms with Gasteiger partial charge >= 0.3 is 0 Å². The lowest BCUT2D eigenvalue weighted by Gasteiger charge is -2.34. The molecule has 0 spiro atoms. The van der Waals surface area contributed by atoms with Gasteiger partial charge in [0, 0.05) is 38.2 Å². The highest BCUT2D eigenvalue weighted by atomic mass is 32.1. The maximum atomic E-state index is 13.1.